The van der Waals surface area contributed by atoms with E-state index in [1.165, 1.54) is 0 Å². The van der Waals surface area contributed by atoms with Crippen LogP contribution in [-0.4, -0.2) is 31.5 Å². The molecular formula is C24H26N6O2S. The van der Waals surface area contributed by atoms with E-state index >= 15 is 0 Å². The molecule has 9 heteroatoms. The van der Waals surface area contributed by atoms with Gasteiger partial charge in [-0.1, -0.05) is 31.5 Å². The van der Waals surface area contributed by atoms with Gasteiger partial charge in [0.1, 0.15) is 17.1 Å². The number of aromatic amines is 1. The van der Waals surface area contributed by atoms with Crippen molar-refractivity contribution in [2.75, 3.05) is 17.2 Å². The van der Waals surface area contributed by atoms with Crippen LogP contribution < -0.4 is 20.9 Å². The third-order valence-corrected chi connectivity index (χ3v) is 5.28. The van der Waals surface area contributed by atoms with Gasteiger partial charge in [-0.25, -0.2) is 4.98 Å². The van der Waals surface area contributed by atoms with Gasteiger partial charge in [-0.15, -0.1) is 0 Å². The predicted molar refractivity (Wildman–Crippen MR) is 136 cm³/mol. The molecule has 0 saturated heterocycles. The minimum Gasteiger partial charge on any atom is -0.493 e. The summed E-state index contributed by atoms with van der Waals surface area (Å²) in [5.41, 5.74) is 3.93. The van der Waals surface area contributed by atoms with Crippen molar-refractivity contribution in [3.63, 3.8) is 0 Å². The molecular weight excluding hydrogens is 436 g/mol. The lowest BCUT2D eigenvalue weighted by atomic mass is 10.1. The van der Waals surface area contributed by atoms with E-state index in [1.807, 2.05) is 55.5 Å². The van der Waals surface area contributed by atoms with Gasteiger partial charge in [-0.05, 0) is 55.9 Å². The highest BCUT2D eigenvalue weighted by atomic mass is 32.1. The Kier molecular flexibility index (Phi) is 6.69. The minimum atomic E-state index is -0.241. The van der Waals surface area contributed by atoms with Crippen LogP contribution in [0.15, 0.2) is 53.3 Å². The summed E-state index contributed by atoms with van der Waals surface area (Å²) in [5.74, 6) is 1.04. The molecule has 4 aromatic rings. The summed E-state index contributed by atoms with van der Waals surface area (Å²) in [5, 5.41) is 11.3. The first-order valence-corrected chi connectivity index (χ1v) is 11.3. The molecule has 0 fully saturated rings. The fourth-order valence-electron chi connectivity index (χ4n) is 3.67. The molecule has 0 atom stereocenters. The van der Waals surface area contributed by atoms with Crippen LogP contribution in [0.1, 0.15) is 26.0 Å². The van der Waals surface area contributed by atoms with Crippen molar-refractivity contribution in [1.82, 2.24) is 19.7 Å². The lowest BCUT2D eigenvalue weighted by Gasteiger charge is -2.14. The first-order valence-electron chi connectivity index (χ1n) is 10.9. The number of hydrogen-bond acceptors (Lipinski definition) is 5. The number of anilines is 2. The molecule has 3 N–H and O–H groups in total. The maximum absolute atomic E-state index is 12.9. The Morgan fingerprint density at radius 2 is 1.88 bits per heavy atom. The molecule has 33 heavy (non-hydrogen) atoms. The predicted octanol–water partition coefficient (Wildman–Crippen LogP) is 4.48. The molecule has 4 rings (SSSR count). The van der Waals surface area contributed by atoms with Gasteiger partial charge < -0.3 is 20.4 Å². The lowest BCUT2D eigenvalue weighted by Crippen LogP contribution is -2.19. The Hall–Kier alpha value is -3.72. The van der Waals surface area contributed by atoms with Crippen LogP contribution in [0.5, 0.6) is 5.75 Å². The first kappa shape index (κ1) is 22.5. The highest BCUT2D eigenvalue weighted by Gasteiger charge is 2.18. The minimum absolute atomic E-state index is 0.241. The Morgan fingerprint density at radius 1 is 1.12 bits per heavy atom. The van der Waals surface area contributed by atoms with Gasteiger partial charge in [0.15, 0.2) is 10.6 Å². The SMILES string of the molecule is CCCc1nn(C)c2c(=O)[nH]c(-c3cc(NC(=S)Nc4ccccc4)ccc3OCC)nc12. The van der Waals surface area contributed by atoms with Gasteiger partial charge in [0.25, 0.3) is 5.56 Å². The maximum atomic E-state index is 12.9. The van der Waals surface area contributed by atoms with Gasteiger partial charge in [-0.3, -0.25) is 9.48 Å². The Morgan fingerprint density at radius 3 is 2.61 bits per heavy atom. The summed E-state index contributed by atoms with van der Waals surface area (Å²) in [4.78, 5) is 20.6. The molecule has 0 aliphatic heterocycles. The fraction of sp³-hybridized carbons (Fsp3) is 0.250. The number of rotatable bonds is 7. The number of aromatic nitrogens is 4. The van der Waals surface area contributed by atoms with Gasteiger partial charge in [0, 0.05) is 18.4 Å². The number of ether oxygens (including phenoxy) is 1. The van der Waals surface area contributed by atoms with Crippen molar-refractivity contribution < 1.29 is 4.74 Å². The van der Waals surface area contributed by atoms with Crippen LogP contribution in [0.2, 0.25) is 0 Å². The average molecular weight is 463 g/mol. The van der Waals surface area contributed by atoms with Crippen LogP contribution in [-0.2, 0) is 13.5 Å². The average Bonchev–Trinajstić information content (AvgIpc) is 3.11. The van der Waals surface area contributed by atoms with Gasteiger partial charge in [0.2, 0.25) is 0 Å². The Balaban J connectivity index is 1.73. The number of para-hydroxylation sites is 1. The number of fused-ring (bicyclic) bond motifs is 1. The highest BCUT2D eigenvalue weighted by Crippen LogP contribution is 2.31. The van der Waals surface area contributed by atoms with Crippen molar-refractivity contribution in [3.05, 3.63) is 64.6 Å². The van der Waals surface area contributed by atoms with Gasteiger partial charge in [-0.2, -0.15) is 5.10 Å². The zero-order valence-corrected chi connectivity index (χ0v) is 19.6. The molecule has 0 aliphatic rings. The van der Waals surface area contributed by atoms with Crippen molar-refractivity contribution in [3.8, 4) is 17.1 Å². The monoisotopic (exact) mass is 462 g/mol. The number of aryl methyl sites for hydroxylation is 2. The van der Waals surface area contributed by atoms with Crippen LogP contribution in [0.3, 0.4) is 0 Å². The van der Waals surface area contributed by atoms with Crippen LogP contribution in [0, 0.1) is 0 Å². The van der Waals surface area contributed by atoms with Gasteiger partial charge in [0.05, 0.1) is 17.9 Å². The number of hydrogen-bond donors (Lipinski definition) is 3. The van der Waals surface area contributed by atoms with E-state index in [2.05, 4.69) is 27.6 Å². The van der Waals surface area contributed by atoms with Crippen LogP contribution in [0.25, 0.3) is 22.4 Å². The van der Waals surface area contributed by atoms with E-state index < -0.39 is 0 Å². The molecule has 0 aliphatic carbocycles. The normalized spacial score (nSPS) is 10.9. The molecule has 0 bridgehead atoms. The Bertz CT molecular complexity index is 1350. The summed E-state index contributed by atoms with van der Waals surface area (Å²) >= 11 is 5.46. The second-order valence-electron chi connectivity index (χ2n) is 7.52. The molecule has 0 spiro atoms. The third-order valence-electron chi connectivity index (χ3n) is 5.07. The van der Waals surface area contributed by atoms with Crippen LogP contribution >= 0.6 is 12.2 Å². The standard InChI is InChI=1S/C24H26N6O2S/c1-4-9-18-20-21(30(3)29-18)23(31)28-22(27-20)17-14-16(12-13-19(17)32-5-2)26-24(33)25-15-10-7-6-8-11-15/h6-8,10-14H,4-5,9H2,1-3H3,(H2,25,26,33)(H,27,28,31). The van der Waals surface area contributed by atoms with Gasteiger partial charge >= 0.3 is 0 Å². The zero-order valence-electron chi connectivity index (χ0n) is 18.8. The Labute approximate surface area is 197 Å². The molecule has 0 unspecified atom stereocenters. The lowest BCUT2D eigenvalue weighted by molar-refractivity contribution is 0.341. The molecule has 2 aromatic carbocycles. The summed E-state index contributed by atoms with van der Waals surface area (Å²) < 4.78 is 7.41. The highest BCUT2D eigenvalue weighted by molar-refractivity contribution is 7.80. The van der Waals surface area contributed by atoms with Crippen molar-refractivity contribution in [2.45, 2.75) is 26.7 Å². The summed E-state index contributed by atoms with van der Waals surface area (Å²) in [6.07, 6.45) is 1.65. The number of benzene rings is 2. The summed E-state index contributed by atoms with van der Waals surface area (Å²) in [7, 11) is 1.76. The smallest absolute Gasteiger partial charge is 0.277 e. The fourth-order valence-corrected chi connectivity index (χ4v) is 3.90. The van der Waals surface area contributed by atoms with E-state index in [0.29, 0.717) is 39.9 Å². The van der Waals surface area contributed by atoms with E-state index in [0.717, 1.165) is 29.9 Å². The maximum Gasteiger partial charge on any atom is 0.277 e. The number of nitrogens with one attached hydrogen (secondary N) is 3. The summed E-state index contributed by atoms with van der Waals surface area (Å²) in [6, 6.07) is 15.3. The van der Waals surface area contributed by atoms with E-state index in [9.17, 15) is 4.79 Å². The quantitative estimate of drug-likeness (QED) is 0.348. The number of nitrogens with zero attached hydrogens (tertiary/aromatic N) is 3. The zero-order chi connectivity index (χ0) is 23.4. The van der Waals surface area contributed by atoms with Crippen molar-refractivity contribution in [1.29, 1.82) is 0 Å². The second-order valence-corrected chi connectivity index (χ2v) is 7.93. The van der Waals surface area contributed by atoms with Crippen LogP contribution in [0.4, 0.5) is 11.4 Å². The van der Waals surface area contributed by atoms with E-state index in [1.54, 1.807) is 11.7 Å². The van der Waals surface area contributed by atoms with E-state index in [4.69, 9.17) is 21.9 Å². The molecule has 0 amide bonds. The van der Waals surface area contributed by atoms with Crippen molar-refractivity contribution in [2.24, 2.45) is 7.05 Å². The largest absolute Gasteiger partial charge is 0.493 e. The second kappa shape index (κ2) is 9.83. The summed E-state index contributed by atoms with van der Waals surface area (Å²) in [6.45, 7) is 4.46. The molecule has 170 valence electrons. The molecule has 8 nitrogen and oxygen atoms in total. The molecule has 2 heterocycles. The van der Waals surface area contributed by atoms with Crippen molar-refractivity contribution >= 4 is 39.7 Å². The third kappa shape index (κ3) is 4.88. The molecule has 0 radical (unpaired) electrons. The first-order chi connectivity index (χ1) is 16.0. The number of H-pyrrole nitrogens is 1. The molecule has 2 aromatic heterocycles. The van der Waals surface area contributed by atoms with E-state index in [-0.39, 0.29) is 5.56 Å². The topological polar surface area (TPSA) is 96.9 Å². The molecule has 0 saturated carbocycles. The number of thiocarbonyl (C=S) groups is 1.